The Morgan fingerprint density at radius 3 is 2.33 bits per heavy atom. The number of anilines is 1. The van der Waals surface area contributed by atoms with E-state index in [9.17, 15) is 24.1 Å². The van der Waals surface area contributed by atoms with Gasteiger partial charge in [0.05, 0.1) is 16.0 Å². The van der Waals surface area contributed by atoms with Gasteiger partial charge in [-0.2, -0.15) is 0 Å². The number of nitrogens with one attached hydrogen (secondary N) is 1. The van der Waals surface area contributed by atoms with Gasteiger partial charge in [0, 0.05) is 23.1 Å². The third-order valence-electron chi connectivity index (χ3n) is 4.52. The molecule has 1 aromatic heterocycles. The van der Waals surface area contributed by atoms with E-state index >= 15 is 0 Å². The van der Waals surface area contributed by atoms with Crippen LogP contribution in [0.15, 0.2) is 82.0 Å². The highest BCUT2D eigenvalue weighted by atomic mass is 19.1. The quantitative estimate of drug-likeness (QED) is 0.390. The molecule has 0 saturated carbocycles. The number of nitro groups is 1. The Morgan fingerprint density at radius 2 is 1.63 bits per heavy atom. The van der Waals surface area contributed by atoms with Crippen molar-refractivity contribution in [2.45, 2.75) is 0 Å². The zero-order valence-corrected chi connectivity index (χ0v) is 15.3. The molecule has 8 heteroatoms. The maximum Gasteiger partial charge on any atom is 0.344 e. The molecule has 4 aromatic rings. The molecular weight excluding hydrogens is 391 g/mol. The SMILES string of the molecule is O=C(Nc1cc([N+](=O)[O-])ccc1F)c1oc(=O)c2ccccc2c1-c1ccccc1. The van der Waals surface area contributed by atoms with Gasteiger partial charge in [0.1, 0.15) is 5.82 Å². The Morgan fingerprint density at radius 1 is 0.967 bits per heavy atom. The molecule has 0 spiro atoms. The second kappa shape index (κ2) is 7.59. The summed E-state index contributed by atoms with van der Waals surface area (Å²) in [7, 11) is 0. The molecule has 0 fully saturated rings. The Balaban J connectivity index is 1.89. The number of rotatable bonds is 4. The van der Waals surface area contributed by atoms with E-state index in [0.717, 1.165) is 18.2 Å². The van der Waals surface area contributed by atoms with Gasteiger partial charge < -0.3 is 9.73 Å². The molecule has 3 aromatic carbocycles. The molecule has 148 valence electrons. The van der Waals surface area contributed by atoms with Gasteiger partial charge in [-0.25, -0.2) is 9.18 Å². The van der Waals surface area contributed by atoms with Crippen molar-refractivity contribution in [3.63, 3.8) is 0 Å². The van der Waals surface area contributed by atoms with E-state index in [1.165, 1.54) is 0 Å². The van der Waals surface area contributed by atoms with Crippen LogP contribution in [0.3, 0.4) is 0 Å². The maximum absolute atomic E-state index is 14.1. The van der Waals surface area contributed by atoms with E-state index in [2.05, 4.69) is 5.32 Å². The lowest BCUT2D eigenvalue weighted by Crippen LogP contribution is -2.17. The Labute approximate surface area is 168 Å². The predicted molar refractivity (Wildman–Crippen MR) is 109 cm³/mol. The summed E-state index contributed by atoms with van der Waals surface area (Å²) in [5.74, 6) is -2.09. The fraction of sp³-hybridized carbons (Fsp3) is 0. The second-order valence-electron chi connectivity index (χ2n) is 6.38. The van der Waals surface area contributed by atoms with Crippen LogP contribution in [0.2, 0.25) is 0 Å². The van der Waals surface area contributed by atoms with Crippen LogP contribution < -0.4 is 10.9 Å². The van der Waals surface area contributed by atoms with Gasteiger partial charge >= 0.3 is 5.63 Å². The fourth-order valence-corrected chi connectivity index (χ4v) is 3.15. The van der Waals surface area contributed by atoms with Gasteiger partial charge in [0.15, 0.2) is 0 Å². The van der Waals surface area contributed by atoms with Crippen LogP contribution in [-0.4, -0.2) is 10.8 Å². The highest BCUT2D eigenvalue weighted by Crippen LogP contribution is 2.31. The number of hydrogen-bond acceptors (Lipinski definition) is 5. The summed E-state index contributed by atoms with van der Waals surface area (Å²) in [6.45, 7) is 0. The van der Waals surface area contributed by atoms with E-state index in [4.69, 9.17) is 4.42 Å². The van der Waals surface area contributed by atoms with Crippen LogP contribution in [0.25, 0.3) is 21.9 Å². The van der Waals surface area contributed by atoms with Crippen LogP contribution in [0.5, 0.6) is 0 Å². The second-order valence-corrected chi connectivity index (χ2v) is 6.38. The first-order chi connectivity index (χ1) is 14.5. The number of benzene rings is 3. The average molecular weight is 404 g/mol. The van der Waals surface area contributed by atoms with Gasteiger partial charge in [-0.15, -0.1) is 0 Å². The lowest BCUT2D eigenvalue weighted by atomic mass is 9.98. The molecule has 0 aliphatic rings. The van der Waals surface area contributed by atoms with Crippen molar-refractivity contribution < 1.29 is 18.5 Å². The highest BCUT2D eigenvalue weighted by molar-refractivity contribution is 6.11. The van der Waals surface area contributed by atoms with Gasteiger partial charge in [0.25, 0.3) is 11.6 Å². The molecule has 30 heavy (non-hydrogen) atoms. The average Bonchev–Trinajstić information content (AvgIpc) is 2.75. The molecule has 7 nitrogen and oxygen atoms in total. The van der Waals surface area contributed by atoms with Crippen molar-refractivity contribution >= 4 is 28.1 Å². The summed E-state index contributed by atoms with van der Waals surface area (Å²) >= 11 is 0. The van der Waals surface area contributed by atoms with Crippen molar-refractivity contribution in [2.24, 2.45) is 0 Å². The van der Waals surface area contributed by atoms with Crippen molar-refractivity contribution in [1.82, 2.24) is 0 Å². The number of non-ortho nitro benzene ring substituents is 1. The number of hydrogen-bond donors (Lipinski definition) is 1. The first-order valence-electron chi connectivity index (χ1n) is 8.82. The molecule has 4 rings (SSSR count). The van der Waals surface area contributed by atoms with Crippen LogP contribution >= 0.6 is 0 Å². The molecule has 1 heterocycles. The van der Waals surface area contributed by atoms with Crippen molar-refractivity contribution in [3.05, 3.63) is 105 Å². The summed E-state index contributed by atoms with van der Waals surface area (Å²) in [6, 6.07) is 18.2. The summed E-state index contributed by atoms with van der Waals surface area (Å²) in [6.07, 6.45) is 0. The number of halogens is 1. The molecular formula is C22H13FN2O5. The minimum Gasteiger partial charge on any atom is -0.416 e. The molecule has 0 bridgehead atoms. The zero-order chi connectivity index (χ0) is 21.3. The lowest BCUT2D eigenvalue weighted by Gasteiger charge is -2.12. The largest absolute Gasteiger partial charge is 0.416 e. The molecule has 0 radical (unpaired) electrons. The normalized spacial score (nSPS) is 10.7. The minimum absolute atomic E-state index is 0.287. The predicted octanol–water partition coefficient (Wildman–Crippen LogP) is 4.76. The van der Waals surface area contributed by atoms with E-state index in [0.29, 0.717) is 16.5 Å². The lowest BCUT2D eigenvalue weighted by molar-refractivity contribution is -0.384. The number of amides is 1. The van der Waals surface area contributed by atoms with E-state index < -0.39 is 33.6 Å². The van der Waals surface area contributed by atoms with Crippen LogP contribution in [-0.2, 0) is 0 Å². The number of fused-ring (bicyclic) bond motifs is 1. The highest BCUT2D eigenvalue weighted by Gasteiger charge is 2.23. The van der Waals surface area contributed by atoms with E-state index in [1.807, 2.05) is 0 Å². The molecule has 0 atom stereocenters. The summed E-state index contributed by atoms with van der Waals surface area (Å²) in [4.78, 5) is 35.7. The fourth-order valence-electron chi connectivity index (χ4n) is 3.15. The molecule has 1 amide bonds. The van der Waals surface area contributed by atoms with Crippen molar-refractivity contribution in [2.75, 3.05) is 5.32 Å². The Hall–Kier alpha value is -4.33. The third kappa shape index (κ3) is 3.42. The number of carbonyl (C=O) groups excluding carboxylic acids is 1. The van der Waals surface area contributed by atoms with Crippen LogP contribution in [0, 0.1) is 15.9 Å². The Kier molecular flexibility index (Phi) is 4.81. The van der Waals surface area contributed by atoms with Crippen molar-refractivity contribution in [3.8, 4) is 11.1 Å². The van der Waals surface area contributed by atoms with Gasteiger partial charge in [0.2, 0.25) is 5.76 Å². The van der Waals surface area contributed by atoms with E-state index in [-0.39, 0.29) is 11.1 Å². The molecule has 0 unspecified atom stereocenters. The van der Waals surface area contributed by atoms with Gasteiger partial charge in [-0.1, -0.05) is 48.5 Å². The topological polar surface area (TPSA) is 102 Å². The number of nitrogens with zero attached hydrogens (tertiary/aromatic N) is 1. The summed E-state index contributed by atoms with van der Waals surface area (Å²) in [5.41, 5.74) is -0.551. The summed E-state index contributed by atoms with van der Waals surface area (Å²) < 4.78 is 19.4. The van der Waals surface area contributed by atoms with Gasteiger partial charge in [-0.05, 0) is 17.7 Å². The molecule has 0 saturated heterocycles. The third-order valence-corrected chi connectivity index (χ3v) is 4.52. The Bertz CT molecular complexity index is 1350. The first-order valence-corrected chi connectivity index (χ1v) is 8.82. The maximum atomic E-state index is 14.1. The molecule has 0 aliphatic heterocycles. The smallest absolute Gasteiger partial charge is 0.344 e. The minimum atomic E-state index is -0.906. The molecule has 0 aliphatic carbocycles. The van der Waals surface area contributed by atoms with Crippen LogP contribution in [0.4, 0.5) is 15.8 Å². The standard InChI is InChI=1S/C22H13FN2O5/c23-17-11-10-14(25(28)29)12-18(17)24-21(26)20-19(13-6-2-1-3-7-13)15-8-4-5-9-16(15)22(27)30-20/h1-12H,(H,24,26). The van der Waals surface area contributed by atoms with Gasteiger partial charge in [-0.3, -0.25) is 14.9 Å². The van der Waals surface area contributed by atoms with Crippen molar-refractivity contribution in [1.29, 1.82) is 0 Å². The monoisotopic (exact) mass is 404 g/mol. The van der Waals surface area contributed by atoms with Crippen LogP contribution in [0.1, 0.15) is 10.6 Å². The summed E-state index contributed by atoms with van der Waals surface area (Å²) in [5, 5.41) is 14.0. The number of carbonyl (C=O) groups is 1. The zero-order valence-electron chi connectivity index (χ0n) is 15.3. The first kappa shape index (κ1) is 19.0. The van der Waals surface area contributed by atoms with E-state index in [1.54, 1.807) is 54.6 Å². The molecule has 1 N–H and O–H groups in total. The number of nitro benzene ring substituents is 1.